The first kappa shape index (κ1) is 87.5. The van der Waals surface area contributed by atoms with Gasteiger partial charge in [-0.05, 0) is 51.4 Å². The number of hydrogen-bond acceptors (Lipinski definition) is 8. The Balaban J connectivity index is 3.93. The van der Waals surface area contributed by atoms with E-state index in [2.05, 4.69) is 50.3 Å². The van der Waals surface area contributed by atoms with E-state index < -0.39 is 24.3 Å². The van der Waals surface area contributed by atoms with E-state index >= 15 is 0 Å². The smallest absolute Gasteiger partial charge is 0.306 e. The molecule has 0 aromatic rings. The number of ether oxygens (including phenoxy) is 4. The molecule has 9 nitrogen and oxygen atoms in total. The Kier molecular flexibility index (Phi) is 70.3. The summed E-state index contributed by atoms with van der Waals surface area (Å²) in [5.41, 5.74) is 0. The summed E-state index contributed by atoms with van der Waals surface area (Å²) >= 11 is 0. The van der Waals surface area contributed by atoms with Crippen LogP contribution in [0.25, 0.3) is 0 Å². The Morgan fingerprint density at radius 2 is 0.600 bits per heavy atom. The third kappa shape index (κ3) is 72.9. The van der Waals surface area contributed by atoms with E-state index in [4.69, 9.17) is 18.9 Å². The zero-order chi connectivity index (χ0) is 65.4. The van der Waals surface area contributed by atoms with E-state index in [1.165, 1.54) is 327 Å². The molecule has 0 N–H and O–H groups in total. The number of carbonyl (C=O) groups excluding carboxylic acids is 3. The first-order chi connectivity index (χ1) is 44.1. The summed E-state index contributed by atoms with van der Waals surface area (Å²) in [7, 11) is 5.95. The zero-order valence-corrected chi connectivity index (χ0v) is 60.8. The van der Waals surface area contributed by atoms with E-state index in [0.29, 0.717) is 17.4 Å². The number of carboxylic acid groups (broad SMARTS) is 1. The highest BCUT2D eigenvalue weighted by molar-refractivity contribution is 5.70. The summed E-state index contributed by atoms with van der Waals surface area (Å²) in [5.74, 6) is -2.25. The average molecular weight is 1270 g/mol. The number of carbonyl (C=O) groups is 3. The average Bonchev–Trinajstić information content (AvgIpc) is 3.73. The molecular formula is C81H153NO8. The quantitative estimate of drug-likeness (QED) is 0.0195. The van der Waals surface area contributed by atoms with Crippen molar-refractivity contribution in [1.82, 2.24) is 0 Å². The SMILES string of the molecule is CCCCCCC/C=C\C/C=C\C/C=C\CCCCCCCCCCCCCCCCCCCCCCCCCCCCC(=O)OC(COC(=O)CCCCCCCCCCCCCCCCCCCCCCCCCC)COC(OCC[N+](C)(C)C)C(=O)[O-]. The zero-order valence-electron chi connectivity index (χ0n) is 60.8. The van der Waals surface area contributed by atoms with Crippen LogP contribution in [0, 0.1) is 0 Å². The fourth-order valence-corrected chi connectivity index (χ4v) is 12.1. The Labute approximate surface area is 560 Å². The number of hydrogen-bond donors (Lipinski definition) is 0. The molecule has 0 rings (SSSR count). The molecule has 0 aromatic carbocycles. The van der Waals surface area contributed by atoms with Gasteiger partial charge in [-0.3, -0.25) is 9.59 Å². The Morgan fingerprint density at radius 1 is 0.333 bits per heavy atom. The van der Waals surface area contributed by atoms with Crippen LogP contribution >= 0.6 is 0 Å². The molecular weight excluding hydrogens is 1110 g/mol. The molecule has 0 saturated carbocycles. The first-order valence-electron chi connectivity index (χ1n) is 39.6. The van der Waals surface area contributed by atoms with Crippen molar-refractivity contribution in [2.45, 2.75) is 418 Å². The summed E-state index contributed by atoms with van der Waals surface area (Å²) in [5, 5.41) is 11.8. The van der Waals surface area contributed by atoms with Crippen molar-refractivity contribution >= 4 is 17.9 Å². The summed E-state index contributed by atoms with van der Waals surface area (Å²) in [6.45, 7) is 4.82. The molecule has 9 heteroatoms. The van der Waals surface area contributed by atoms with Gasteiger partial charge in [0.15, 0.2) is 12.4 Å². The van der Waals surface area contributed by atoms with Gasteiger partial charge in [0.2, 0.25) is 0 Å². The van der Waals surface area contributed by atoms with Crippen molar-refractivity contribution in [3.8, 4) is 0 Å². The van der Waals surface area contributed by atoms with Gasteiger partial charge in [-0.25, -0.2) is 0 Å². The molecule has 0 bridgehead atoms. The molecule has 530 valence electrons. The molecule has 0 aliphatic carbocycles. The minimum atomic E-state index is -1.62. The normalized spacial score (nSPS) is 12.8. The summed E-state index contributed by atoms with van der Waals surface area (Å²) < 4.78 is 22.9. The van der Waals surface area contributed by atoms with Crippen LogP contribution in [0.2, 0.25) is 0 Å². The van der Waals surface area contributed by atoms with Crippen molar-refractivity contribution in [2.24, 2.45) is 0 Å². The maximum Gasteiger partial charge on any atom is 0.306 e. The van der Waals surface area contributed by atoms with Crippen LogP contribution in [0.5, 0.6) is 0 Å². The highest BCUT2D eigenvalue weighted by Crippen LogP contribution is 2.20. The predicted octanol–water partition coefficient (Wildman–Crippen LogP) is 23.8. The molecule has 0 aliphatic rings. The molecule has 2 atom stereocenters. The second-order valence-electron chi connectivity index (χ2n) is 28.4. The number of rotatable bonds is 75. The Bertz CT molecular complexity index is 1570. The fraction of sp³-hybridized carbons (Fsp3) is 0.889. The predicted molar refractivity (Wildman–Crippen MR) is 385 cm³/mol. The second kappa shape index (κ2) is 72.3. The minimum absolute atomic E-state index is 0.152. The van der Waals surface area contributed by atoms with Crippen LogP contribution in [0.4, 0.5) is 0 Å². The van der Waals surface area contributed by atoms with Crippen LogP contribution in [-0.4, -0.2) is 82.3 Å². The summed E-state index contributed by atoms with van der Waals surface area (Å²) in [6.07, 6.45) is 89.9. The Hall–Kier alpha value is -2.49. The molecule has 0 aromatic heterocycles. The number of carboxylic acids is 1. The fourth-order valence-electron chi connectivity index (χ4n) is 12.1. The number of esters is 2. The van der Waals surface area contributed by atoms with Gasteiger partial charge in [0.25, 0.3) is 0 Å². The molecule has 0 heterocycles. The van der Waals surface area contributed by atoms with Gasteiger partial charge in [0.1, 0.15) is 13.2 Å². The first-order valence-corrected chi connectivity index (χ1v) is 39.6. The standard InChI is InChI=1S/C81H153NO8/c1-6-8-10-12-14-16-18-20-22-24-26-28-30-32-33-34-35-36-37-38-39-40-41-42-43-44-45-46-47-48-50-52-54-56-58-60-62-64-66-68-70-72-79(84)90-77(76-89-81(80(85)86)87-74-73-82(3,4)5)75-88-78(83)71-69-67-65-63-61-59-57-55-53-51-49-31-29-27-25-23-21-19-17-15-13-11-9-7-2/h18,20,24,26,30,32,77,81H,6-17,19,21-23,25,27-29,31,33-76H2,1-5H3/b20-18-,26-24-,32-30-. The lowest BCUT2D eigenvalue weighted by Crippen LogP contribution is -2.44. The van der Waals surface area contributed by atoms with Gasteiger partial charge in [-0.2, -0.15) is 0 Å². The van der Waals surface area contributed by atoms with Crippen LogP contribution in [0.15, 0.2) is 36.5 Å². The minimum Gasteiger partial charge on any atom is -0.545 e. The van der Waals surface area contributed by atoms with Crippen molar-refractivity contribution in [3.05, 3.63) is 36.5 Å². The van der Waals surface area contributed by atoms with Crippen LogP contribution in [0.1, 0.15) is 406 Å². The maximum absolute atomic E-state index is 13.0. The molecule has 0 spiro atoms. The van der Waals surface area contributed by atoms with E-state index in [9.17, 15) is 19.5 Å². The Morgan fingerprint density at radius 3 is 0.889 bits per heavy atom. The number of allylic oxidation sites excluding steroid dienone is 6. The highest BCUT2D eigenvalue weighted by Gasteiger charge is 2.22. The monoisotopic (exact) mass is 1270 g/mol. The lowest BCUT2D eigenvalue weighted by Gasteiger charge is -2.26. The van der Waals surface area contributed by atoms with E-state index in [0.717, 1.165) is 51.4 Å². The molecule has 0 saturated heterocycles. The van der Waals surface area contributed by atoms with Crippen molar-refractivity contribution in [1.29, 1.82) is 0 Å². The van der Waals surface area contributed by atoms with Crippen LogP contribution in [-0.2, 0) is 33.3 Å². The van der Waals surface area contributed by atoms with Crippen molar-refractivity contribution in [3.63, 3.8) is 0 Å². The van der Waals surface area contributed by atoms with Gasteiger partial charge < -0.3 is 33.3 Å². The summed E-state index contributed by atoms with van der Waals surface area (Å²) in [4.78, 5) is 37.6. The number of quaternary nitrogens is 1. The second-order valence-corrected chi connectivity index (χ2v) is 28.4. The highest BCUT2D eigenvalue weighted by atomic mass is 16.7. The third-order valence-electron chi connectivity index (χ3n) is 18.1. The van der Waals surface area contributed by atoms with E-state index in [-0.39, 0.29) is 32.2 Å². The van der Waals surface area contributed by atoms with Gasteiger partial charge in [-0.15, -0.1) is 0 Å². The molecule has 90 heavy (non-hydrogen) atoms. The van der Waals surface area contributed by atoms with E-state index in [1.807, 2.05) is 21.1 Å². The number of nitrogens with zero attached hydrogens (tertiary/aromatic N) is 1. The molecule has 0 aliphatic heterocycles. The van der Waals surface area contributed by atoms with Gasteiger partial charge in [0.05, 0.1) is 40.3 Å². The third-order valence-corrected chi connectivity index (χ3v) is 18.1. The molecule has 0 amide bonds. The summed E-state index contributed by atoms with van der Waals surface area (Å²) in [6, 6.07) is 0. The van der Waals surface area contributed by atoms with Crippen LogP contribution in [0.3, 0.4) is 0 Å². The maximum atomic E-state index is 13.0. The number of aliphatic carboxylic acids is 1. The number of likely N-dealkylation sites (N-methyl/N-ethyl adjacent to an activating group) is 1. The van der Waals surface area contributed by atoms with Gasteiger partial charge >= 0.3 is 11.9 Å². The topological polar surface area (TPSA) is 111 Å². The van der Waals surface area contributed by atoms with Crippen molar-refractivity contribution in [2.75, 3.05) is 47.5 Å². The van der Waals surface area contributed by atoms with Gasteiger partial charge in [0, 0.05) is 12.8 Å². The largest absolute Gasteiger partial charge is 0.545 e. The molecule has 0 radical (unpaired) electrons. The lowest BCUT2D eigenvalue weighted by atomic mass is 10.0. The van der Waals surface area contributed by atoms with Gasteiger partial charge in [-0.1, -0.05) is 378 Å². The van der Waals surface area contributed by atoms with Crippen molar-refractivity contribution < 1.29 is 42.9 Å². The van der Waals surface area contributed by atoms with E-state index in [1.54, 1.807) is 0 Å². The number of unbranched alkanes of at least 4 members (excludes halogenated alkanes) is 54. The van der Waals surface area contributed by atoms with Crippen LogP contribution < -0.4 is 5.11 Å². The molecule has 2 unspecified atom stereocenters. The lowest BCUT2D eigenvalue weighted by molar-refractivity contribution is -0.870. The molecule has 0 fully saturated rings.